The first-order valence-corrected chi connectivity index (χ1v) is 10.0. The number of ether oxygens (including phenoxy) is 1. The van der Waals surface area contributed by atoms with E-state index in [-0.39, 0.29) is 0 Å². The number of rotatable bonds is 9. The normalized spacial score (nSPS) is 21.2. The van der Waals surface area contributed by atoms with Crippen LogP contribution in [0.3, 0.4) is 0 Å². The second kappa shape index (κ2) is 9.93. The first-order chi connectivity index (χ1) is 12.8. The fraction of sp³-hybridized carbons (Fsp3) is 0.667. The lowest BCUT2D eigenvalue weighted by molar-refractivity contribution is 0.115. The van der Waals surface area contributed by atoms with Crippen molar-refractivity contribution in [2.24, 2.45) is 10.9 Å². The Bertz CT molecular complexity index is 558. The topological polar surface area (TPSA) is 40.1 Å². The Morgan fingerprint density at radius 3 is 2.81 bits per heavy atom. The van der Waals surface area contributed by atoms with Gasteiger partial charge in [-0.3, -0.25) is 9.89 Å². The van der Waals surface area contributed by atoms with E-state index in [0.29, 0.717) is 6.04 Å². The fourth-order valence-electron chi connectivity index (χ4n) is 3.59. The fourth-order valence-corrected chi connectivity index (χ4v) is 3.59. The summed E-state index contributed by atoms with van der Waals surface area (Å²) in [6.45, 7) is 5.76. The molecule has 0 bridgehead atoms. The third-order valence-electron chi connectivity index (χ3n) is 5.42. The van der Waals surface area contributed by atoms with Gasteiger partial charge in [-0.1, -0.05) is 30.3 Å². The summed E-state index contributed by atoms with van der Waals surface area (Å²) in [5.41, 5.74) is 1.40. The van der Waals surface area contributed by atoms with Gasteiger partial charge in [-0.05, 0) is 43.7 Å². The van der Waals surface area contributed by atoms with Crippen molar-refractivity contribution < 1.29 is 4.74 Å². The van der Waals surface area contributed by atoms with Crippen molar-refractivity contribution in [2.75, 3.05) is 46.9 Å². The van der Waals surface area contributed by atoms with Crippen molar-refractivity contribution in [3.8, 4) is 0 Å². The molecule has 0 radical (unpaired) electrons. The molecule has 1 N–H and O–H groups in total. The van der Waals surface area contributed by atoms with Gasteiger partial charge in [-0.2, -0.15) is 0 Å². The van der Waals surface area contributed by atoms with Crippen LogP contribution in [-0.2, 0) is 11.3 Å². The quantitative estimate of drug-likeness (QED) is 0.418. The molecule has 0 spiro atoms. The molecule has 0 amide bonds. The van der Waals surface area contributed by atoms with E-state index in [4.69, 9.17) is 4.74 Å². The molecule has 5 nitrogen and oxygen atoms in total. The van der Waals surface area contributed by atoms with Crippen LogP contribution < -0.4 is 5.32 Å². The van der Waals surface area contributed by atoms with Crippen molar-refractivity contribution in [3.05, 3.63) is 35.9 Å². The second-order valence-corrected chi connectivity index (χ2v) is 7.62. The lowest BCUT2D eigenvalue weighted by atomic mass is 10.2. The van der Waals surface area contributed by atoms with E-state index in [1.807, 2.05) is 7.05 Å². The minimum absolute atomic E-state index is 0.575. The Morgan fingerprint density at radius 2 is 2.08 bits per heavy atom. The minimum atomic E-state index is 0.575. The zero-order chi connectivity index (χ0) is 18.2. The van der Waals surface area contributed by atoms with E-state index >= 15 is 0 Å². The Morgan fingerprint density at radius 1 is 1.27 bits per heavy atom. The van der Waals surface area contributed by atoms with E-state index in [1.54, 1.807) is 0 Å². The van der Waals surface area contributed by atoms with Crippen LogP contribution in [0.4, 0.5) is 0 Å². The van der Waals surface area contributed by atoms with Crippen molar-refractivity contribution in [1.29, 1.82) is 0 Å². The summed E-state index contributed by atoms with van der Waals surface area (Å²) >= 11 is 0. The Kier molecular flexibility index (Phi) is 7.32. The van der Waals surface area contributed by atoms with Crippen LogP contribution in [0.1, 0.15) is 31.2 Å². The van der Waals surface area contributed by atoms with E-state index in [0.717, 1.165) is 44.7 Å². The molecular formula is C21H34N4O. The van der Waals surface area contributed by atoms with Crippen LogP contribution in [0.15, 0.2) is 35.3 Å². The smallest absolute Gasteiger partial charge is 0.193 e. The highest BCUT2D eigenvalue weighted by Gasteiger charge is 2.25. The average molecular weight is 359 g/mol. The van der Waals surface area contributed by atoms with Gasteiger partial charge in [0.2, 0.25) is 0 Å². The average Bonchev–Trinajstić information content (AvgIpc) is 3.39. The Labute approximate surface area is 158 Å². The summed E-state index contributed by atoms with van der Waals surface area (Å²) in [4.78, 5) is 9.20. The highest BCUT2D eigenvalue weighted by atomic mass is 16.5. The van der Waals surface area contributed by atoms with Gasteiger partial charge in [0.25, 0.3) is 0 Å². The first-order valence-electron chi connectivity index (χ1n) is 10.0. The molecule has 2 aliphatic rings. The molecule has 3 rings (SSSR count). The van der Waals surface area contributed by atoms with Gasteiger partial charge in [0.1, 0.15) is 0 Å². The van der Waals surface area contributed by atoms with Crippen LogP contribution >= 0.6 is 0 Å². The summed E-state index contributed by atoms with van der Waals surface area (Å²) in [7, 11) is 3.95. The zero-order valence-electron chi connectivity index (χ0n) is 16.4. The molecule has 1 aliphatic heterocycles. The van der Waals surface area contributed by atoms with E-state index in [1.165, 1.54) is 37.8 Å². The number of aliphatic imine (C=N–C) groups is 1. The summed E-state index contributed by atoms with van der Waals surface area (Å²) in [6, 6.07) is 11.3. The SMILES string of the molecule is CN=C(NCC1CCCN1Cc1ccccc1)N(C)CCOCC1CC1. The van der Waals surface area contributed by atoms with E-state index in [2.05, 4.69) is 57.5 Å². The van der Waals surface area contributed by atoms with Crippen molar-refractivity contribution in [2.45, 2.75) is 38.3 Å². The summed E-state index contributed by atoms with van der Waals surface area (Å²) < 4.78 is 5.75. The first kappa shape index (κ1) is 19.2. The number of likely N-dealkylation sites (N-methyl/N-ethyl adjacent to an activating group) is 1. The predicted octanol–water partition coefficient (Wildman–Crippen LogP) is 2.58. The largest absolute Gasteiger partial charge is 0.379 e. The monoisotopic (exact) mass is 358 g/mol. The van der Waals surface area contributed by atoms with Crippen LogP contribution in [0.2, 0.25) is 0 Å². The maximum Gasteiger partial charge on any atom is 0.193 e. The highest BCUT2D eigenvalue weighted by Crippen LogP contribution is 2.28. The molecule has 1 aliphatic carbocycles. The summed E-state index contributed by atoms with van der Waals surface area (Å²) in [5, 5.41) is 3.57. The molecular weight excluding hydrogens is 324 g/mol. The molecule has 1 aromatic rings. The lowest BCUT2D eigenvalue weighted by Gasteiger charge is -2.28. The lowest BCUT2D eigenvalue weighted by Crippen LogP contribution is -2.46. The third kappa shape index (κ3) is 5.99. The van der Waals surface area contributed by atoms with E-state index in [9.17, 15) is 0 Å². The summed E-state index contributed by atoms with van der Waals surface area (Å²) in [6.07, 6.45) is 5.23. The van der Waals surface area contributed by atoms with Gasteiger partial charge >= 0.3 is 0 Å². The molecule has 1 atom stereocenters. The summed E-state index contributed by atoms with van der Waals surface area (Å²) in [5.74, 6) is 1.79. The maximum atomic E-state index is 5.75. The molecule has 0 aromatic heterocycles. The van der Waals surface area contributed by atoms with Gasteiger partial charge in [0.05, 0.1) is 6.61 Å². The van der Waals surface area contributed by atoms with Crippen molar-refractivity contribution in [1.82, 2.24) is 15.1 Å². The van der Waals surface area contributed by atoms with Crippen LogP contribution in [-0.4, -0.2) is 68.7 Å². The maximum absolute atomic E-state index is 5.75. The Balaban J connectivity index is 1.40. The molecule has 1 saturated carbocycles. The van der Waals surface area contributed by atoms with Gasteiger partial charge in [0, 0.05) is 46.4 Å². The molecule has 144 valence electrons. The van der Waals surface area contributed by atoms with Gasteiger partial charge in [0.15, 0.2) is 5.96 Å². The molecule has 26 heavy (non-hydrogen) atoms. The molecule has 1 unspecified atom stereocenters. The third-order valence-corrected chi connectivity index (χ3v) is 5.42. The number of nitrogens with one attached hydrogen (secondary N) is 1. The second-order valence-electron chi connectivity index (χ2n) is 7.62. The van der Waals surface area contributed by atoms with Crippen LogP contribution in [0.5, 0.6) is 0 Å². The van der Waals surface area contributed by atoms with Crippen molar-refractivity contribution in [3.63, 3.8) is 0 Å². The molecule has 5 heteroatoms. The number of hydrogen-bond donors (Lipinski definition) is 1. The number of guanidine groups is 1. The number of likely N-dealkylation sites (tertiary alicyclic amines) is 1. The predicted molar refractivity (Wildman–Crippen MR) is 107 cm³/mol. The molecule has 2 fully saturated rings. The minimum Gasteiger partial charge on any atom is -0.379 e. The molecule has 1 heterocycles. The number of nitrogens with zero attached hydrogens (tertiary/aromatic N) is 3. The van der Waals surface area contributed by atoms with Gasteiger partial charge in [-0.15, -0.1) is 0 Å². The molecule has 1 saturated heterocycles. The highest BCUT2D eigenvalue weighted by molar-refractivity contribution is 5.79. The zero-order valence-corrected chi connectivity index (χ0v) is 16.4. The van der Waals surface area contributed by atoms with Crippen LogP contribution in [0, 0.1) is 5.92 Å². The van der Waals surface area contributed by atoms with Gasteiger partial charge in [-0.25, -0.2) is 0 Å². The Hall–Kier alpha value is -1.59. The number of benzene rings is 1. The standard InChI is InChI=1S/C21H34N4O/c1-22-21(24(2)13-14-26-17-19-10-11-19)23-15-20-9-6-12-25(20)16-18-7-4-3-5-8-18/h3-5,7-8,19-20H,6,9-17H2,1-2H3,(H,22,23). The van der Waals surface area contributed by atoms with Crippen molar-refractivity contribution >= 4 is 5.96 Å². The van der Waals surface area contributed by atoms with Crippen LogP contribution in [0.25, 0.3) is 0 Å². The van der Waals surface area contributed by atoms with E-state index < -0.39 is 0 Å². The van der Waals surface area contributed by atoms with Gasteiger partial charge < -0.3 is 15.0 Å². The number of hydrogen-bond acceptors (Lipinski definition) is 3. The molecule has 1 aromatic carbocycles.